The van der Waals surface area contributed by atoms with Crippen molar-refractivity contribution < 1.29 is 0 Å². The highest BCUT2D eigenvalue weighted by molar-refractivity contribution is 5.95. The van der Waals surface area contributed by atoms with Crippen molar-refractivity contribution in [3.8, 4) is 6.07 Å². The molecule has 5 rings (SSSR count). The van der Waals surface area contributed by atoms with Gasteiger partial charge in [-0.2, -0.15) is 5.26 Å². The van der Waals surface area contributed by atoms with Crippen LogP contribution in [0.2, 0.25) is 0 Å². The maximum atomic E-state index is 9.48. The molecule has 3 atom stereocenters. The van der Waals surface area contributed by atoms with Gasteiger partial charge in [-0.05, 0) is 73.4 Å². The molecule has 0 bridgehead atoms. The number of benzene rings is 1. The van der Waals surface area contributed by atoms with E-state index < -0.39 is 0 Å². The minimum absolute atomic E-state index is 0.542. The number of hydrogen-bond acceptors (Lipinski definition) is 5. The number of likely N-dealkylation sites (tertiary alicyclic amines) is 1. The van der Waals surface area contributed by atoms with Gasteiger partial charge in [0, 0.05) is 50.0 Å². The predicted molar refractivity (Wildman–Crippen MR) is 121 cm³/mol. The van der Waals surface area contributed by atoms with E-state index in [1.165, 1.54) is 51.3 Å². The number of aromatic nitrogens is 1. The molecule has 1 spiro atoms. The number of nitrogens with one attached hydrogen (secondary N) is 1. The second kappa shape index (κ2) is 7.83. The smallest absolute Gasteiger partial charge is 0.101 e. The molecule has 4 heterocycles. The third-order valence-electron chi connectivity index (χ3n) is 7.90. The van der Waals surface area contributed by atoms with Gasteiger partial charge < -0.3 is 15.1 Å². The second-order valence-electron chi connectivity index (χ2n) is 10.1. The standard InChI is InChI=1S/C25H33N5/c1-18(2)22-15-30(23-6-5-19(12-26)24-21(23)4-3-9-28-24)14-20(22)13-29-11-8-25(17-29)7-10-27-16-25/h3-6,9,18,20,22,27H,7-8,10-11,13-17H2,1-2H3/t20-,22+,25?/m1/s1. The van der Waals surface area contributed by atoms with Crippen molar-refractivity contribution in [1.29, 1.82) is 5.26 Å². The molecule has 3 saturated heterocycles. The summed E-state index contributed by atoms with van der Waals surface area (Å²) in [5, 5.41) is 14.2. The summed E-state index contributed by atoms with van der Waals surface area (Å²) in [5.74, 6) is 2.06. The number of nitrogens with zero attached hydrogens (tertiary/aromatic N) is 4. The summed E-state index contributed by atoms with van der Waals surface area (Å²) in [4.78, 5) is 9.82. The lowest BCUT2D eigenvalue weighted by molar-refractivity contribution is 0.204. The predicted octanol–water partition coefficient (Wildman–Crippen LogP) is 3.50. The SMILES string of the molecule is CC(C)[C@@H]1CN(c2ccc(C#N)c3ncccc23)C[C@H]1CN1CCC2(CCNC2)C1. The summed E-state index contributed by atoms with van der Waals surface area (Å²) in [6.07, 6.45) is 4.49. The summed E-state index contributed by atoms with van der Waals surface area (Å²) in [6.45, 7) is 13.1. The molecule has 0 aliphatic carbocycles. The van der Waals surface area contributed by atoms with E-state index in [9.17, 15) is 5.26 Å². The van der Waals surface area contributed by atoms with Gasteiger partial charge in [0.05, 0.1) is 11.1 Å². The van der Waals surface area contributed by atoms with Crippen LogP contribution in [0.3, 0.4) is 0 Å². The summed E-state index contributed by atoms with van der Waals surface area (Å²) in [5.41, 5.74) is 3.28. The van der Waals surface area contributed by atoms with E-state index in [0.717, 1.165) is 24.0 Å². The first-order valence-corrected chi connectivity index (χ1v) is 11.5. The molecule has 0 amide bonds. The van der Waals surface area contributed by atoms with Crippen molar-refractivity contribution in [2.75, 3.05) is 50.7 Å². The van der Waals surface area contributed by atoms with Crippen molar-refractivity contribution in [2.45, 2.75) is 26.7 Å². The van der Waals surface area contributed by atoms with Crippen LogP contribution in [0.4, 0.5) is 5.69 Å². The zero-order valence-electron chi connectivity index (χ0n) is 18.3. The lowest BCUT2D eigenvalue weighted by Gasteiger charge is -2.28. The van der Waals surface area contributed by atoms with E-state index in [1.54, 1.807) is 6.20 Å². The van der Waals surface area contributed by atoms with Gasteiger partial charge in [-0.25, -0.2) is 0 Å². The Morgan fingerprint density at radius 3 is 2.93 bits per heavy atom. The van der Waals surface area contributed by atoms with Crippen molar-refractivity contribution in [3.05, 3.63) is 36.0 Å². The number of hydrogen-bond donors (Lipinski definition) is 1. The Morgan fingerprint density at radius 2 is 2.17 bits per heavy atom. The quantitative estimate of drug-likeness (QED) is 0.847. The normalized spacial score (nSPS) is 29.5. The average Bonchev–Trinajstić information content (AvgIpc) is 3.49. The summed E-state index contributed by atoms with van der Waals surface area (Å²) in [6, 6.07) is 10.5. The number of rotatable bonds is 4. The highest BCUT2D eigenvalue weighted by Crippen LogP contribution is 2.40. The largest absolute Gasteiger partial charge is 0.370 e. The minimum Gasteiger partial charge on any atom is -0.370 e. The zero-order valence-corrected chi connectivity index (χ0v) is 18.3. The first-order valence-electron chi connectivity index (χ1n) is 11.5. The Hall–Kier alpha value is -2.16. The van der Waals surface area contributed by atoms with Gasteiger partial charge in [0.15, 0.2) is 0 Å². The summed E-state index contributed by atoms with van der Waals surface area (Å²) < 4.78 is 0. The van der Waals surface area contributed by atoms with Crippen LogP contribution >= 0.6 is 0 Å². The average molecular weight is 404 g/mol. The lowest BCUT2D eigenvalue weighted by atomic mass is 9.85. The first kappa shape index (κ1) is 19.8. The van der Waals surface area contributed by atoms with Crippen LogP contribution in [0.15, 0.2) is 30.5 Å². The van der Waals surface area contributed by atoms with Crippen LogP contribution in [-0.2, 0) is 0 Å². The molecule has 3 aliphatic heterocycles. The minimum atomic E-state index is 0.542. The summed E-state index contributed by atoms with van der Waals surface area (Å²) in [7, 11) is 0. The van der Waals surface area contributed by atoms with E-state index in [2.05, 4.69) is 52.2 Å². The molecule has 30 heavy (non-hydrogen) atoms. The van der Waals surface area contributed by atoms with Gasteiger partial charge in [0.25, 0.3) is 0 Å². The molecular formula is C25H33N5. The van der Waals surface area contributed by atoms with Crippen molar-refractivity contribution in [3.63, 3.8) is 0 Å². The first-order chi connectivity index (χ1) is 14.6. The van der Waals surface area contributed by atoms with Crippen molar-refractivity contribution >= 4 is 16.6 Å². The fourth-order valence-corrected chi connectivity index (χ4v) is 6.22. The van der Waals surface area contributed by atoms with Gasteiger partial charge in [0.2, 0.25) is 0 Å². The zero-order chi connectivity index (χ0) is 20.7. The molecule has 2 aromatic rings. The molecule has 1 aromatic heterocycles. The van der Waals surface area contributed by atoms with Crippen LogP contribution in [0.1, 0.15) is 32.3 Å². The van der Waals surface area contributed by atoms with E-state index in [-0.39, 0.29) is 0 Å². The van der Waals surface area contributed by atoms with Gasteiger partial charge in [-0.15, -0.1) is 0 Å². The van der Waals surface area contributed by atoms with Gasteiger partial charge in [-0.3, -0.25) is 4.98 Å². The van der Waals surface area contributed by atoms with E-state index >= 15 is 0 Å². The highest BCUT2D eigenvalue weighted by Gasteiger charge is 2.43. The lowest BCUT2D eigenvalue weighted by Crippen LogP contribution is -2.35. The molecule has 158 valence electrons. The maximum Gasteiger partial charge on any atom is 0.101 e. The molecule has 3 aliphatic rings. The monoisotopic (exact) mass is 403 g/mol. The Bertz CT molecular complexity index is 956. The Balaban J connectivity index is 1.37. The molecule has 5 heteroatoms. The van der Waals surface area contributed by atoms with Gasteiger partial charge >= 0.3 is 0 Å². The molecule has 0 saturated carbocycles. The van der Waals surface area contributed by atoms with Crippen LogP contribution in [0.5, 0.6) is 0 Å². The van der Waals surface area contributed by atoms with Gasteiger partial charge in [-0.1, -0.05) is 13.8 Å². The number of anilines is 1. The molecule has 0 radical (unpaired) electrons. The van der Waals surface area contributed by atoms with Crippen LogP contribution in [-0.4, -0.2) is 55.7 Å². The van der Waals surface area contributed by atoms with Crippen molar-refractivity contribution in [1.82, 2.24) is 15.2 Å². The number of nitriles is 1. The molecular weight excluding hydrogens is 370 g/mol. The molecule has 1 N–H and O–H groups in total. The third-order valence-corrected chi connectivity index (χ3v) is 7.90. The molecule has 1 unspecified atom stereocenters. The van der Waals surface area contributed by atoms with Crippen LogP contribution in [0, 0.1) is 34.5 Å². The van der Waals surface area contributed by atoms with Gasteiger partial charge in [0.1, 0.15) is 6.07 Å². The highest BCUT2D eigenvalue weighted by atomic mass is 15.2. The Morgan fingerprint density at radius 1 is 1.27 bits per heavy atom. The van der Waals surface area contributed by atoms with Crippen molar-refractivity contribution in [2.24, 2.45) is 23.2 Å². The van der Waals surface area contributed by atoms with E-state index in [0.29, 0.717) is 28.7 Å². The number of pyridine rings is 1. The molecule has 1 aromatic carbocycles. The Kier molecular flexibility index (Phi) is 5.16. The second-order valence-corrected chi connectivity index (χ2v) is 10.1. The summed E-state index contributed by atoms with van der Waals surface area (Å²) >= 11 is 0. The Labute approximate surface area is 180 Å². The molecule has 3 fully saturated rings. The van der Waals surface area contributed by atoms with Crippen LogP contribution in [0.25, 0.3) is 10.9 Å². The maximum absolute atomic E-state index is 9.48. The fourth-order valence-electron chi connectivity index (χ4n) is 6.22. The molecule has 5 nitrogen and oxygen atoms in total. The topological polar surface area (TPSA) is 55.2 Å². The van der Waals surface area contributed by atoms with Crippen LogP contribution < -0.4 is 10.2 Å². The third kappa shape index (κ3) is 3.46. The fraction of sp³-hybridized carbons (Fsp3) is 0.600. The van der Waals surface area contributed by atoms with E-state index in [4.69, 9.17) is 0 Å². The number of fused-ring (bicyclic) bond motifs is 1. The van der Waals surface area contributed by atoms with E-state index in [1.807, 2.05) is 12.1 Å².